The quantitative estimate of drug-likeness (QED) is 0.129. The number of pyridine rings is 1. The number of unbranched alkanes of at least 4 members (excludes halogenated alkanes) is 1. The molecular formula is C34H37F3N6O. The third-order valence-electron chi connectivity index (χ3n) is 8.82. The maximum Gasteiger partial charge on any atom is 0.318 e. The smallest absolute Gasteiger partial charge is 0.318 e. The largest absolute Gasteiger partial charge is 0.467 e. The highest BCUT2D eigenvalue weighted by Crippen LogP contribution is 2.38. The molecule has 2 aliphatic heterocycles. The van der Waals surface area contributed by atoms with Gasteiger partial charge in [0.05, 0.1) is 18.1 Å². The Morgan fingerprint density at radius 2 is 2.00 bits per heavy atom. The molecule has 0 spiro atoms. The van der Waals surface area contributed by atoms with E-state index < -0.39 is 17.8 Å². The predicted octanol–water partition coefficient (Wildman–Crippen LogP) is 6.88. The molecule has 4 heterocycles. The third-order valence-corrected chi connectivity index (χ3v) is 8.82. The summed E-state index contributed by atoms with van der Waals surface area (Å²) in [6, 6.07) is 6.67. The number of benzene rings is 2. The lowest BCUT2D eigenvalue weighted by Gasteiger charge is -2.14. The Hall–Kier alpha value is -4.10. The first kappa shape index (κ1) is 29.9. The highest BCUT2D eigenvalue weighted by molar-refractivity contribution is 6.03. The molecule has 3 fully saturated rings. The summed E-state index contributed by atoms with van der Waals surface area (Å²) in [5.74, 6) is 2.44. The van der Waals surface area contributed by atoms with E-state index in [0.29, 0.717) is 52.4 Å². The van der Waals surface area contributed by atoms with E-state index in [4.69, 9.17) is 16.9 Å². The molecule has 1 aliphatic carbocycles. The molecule has 0 radical (unpaired) electrons. The minimum atomic E-state index is -0.695. The number of halogens is 3. The zero-order valence-corrected chi connectivity index (χ0v) is 24.9. The monoisotopic (exact) mass is 602 g/mol. The van der Waals surface area contributed by atoms with E-state index in [1.165, 1.54) is 57.5 Å². The standard InChI is InChI=1S/C27H25F2N5O.C7H12FN/c1-3-18-21(28)10-9-16-12-17(30)13-19(22(16)18)24-23(29)25-20(14-32-24)26(34-27(33-25)35-2)31-11-5-4-6-15-7-8-15;8-6-4-7-2-1-3-9(7)5-6/h1,9-10,12-15H,4-8,11,30H2,2H3,(H,31,33,34);6-7H,1-5H2. The van der Waals surface area contributed by atoms with Crippen molar-refractivity contribution < 1.29 is 17.9 Å². The van der Waals surface area contributed by atoms with Crippen LogP contribution >= 0.6 is 0 Å². The van der Waals surface area contributed by atoms with Gasteiger partial charge < -0.3 is 15.8 Å². The zero-order valence-electron chi connectivity index (χ0n) is 24.9. The van der Waals surface area contributed by atoms with Crippen LogP contribution < -0.4 is 15.8 Å². The Bertz CT molecular complexity index is 1710. The van der Waals surface area contributed by atoms with E-state index in [-0.39, 0.29) is 22.8 Å². The summed E-state index contributed by atoms with van der Waals surface area (Å²) in [4.78, 5) is 15.3. The van der Waals surface area contributed by atoms with Crippen LogP contribution in [0.5, 0.6) is 6.01 Å². The molecule has 3 aliphatic rings. The van der Waals surface area contributed by atoms with Crippen molar-refractivity contribution in [1.29, 1.82) is 0 Å². The minimum Gasteiger partial charge on any atom is -0.467 e. The van der Waals surface area contributed by atoms with Crippen molar-refractivity contribution in [3.05, 3.63) is 47.7 Å². The topological polar surface area (TPSA) is 89.2 Å². The fourth-order valence-electron chi connectivity index (χ4n) is 6.44. The summed E-state index contributed by atoms with van der Waals surface area (Å²) in [6.45, 7) is 2.55. The number of methoxy groups -OCH3 is 1. The SMILES string of the molecule is C#Cc1c(F)ccc2cc(N)cc(-c3ncc4c(NCCCCC5CC5)nc(OC)nc4c3F)c12.FC1CC2CCCN2C1. The van der Waals surface area contributed by atoms with E-state index in [1.54, 1.807) is 12.1 Å². The van der Waals surface area contributed by atoms with Crippen molar-refractivity contribution >= 4 is 33.2 Å². The van der Waals surface area contributed by atoms with Crippen LogP contribution in [0.25, 0.3) is 32.9 Å². The number of alkyl halides is 1. The van der Waals surface area contributed by atoms with Crippen LogP contribution in [0.15, 0.2) is 30.5 Å². The van der Waals surface area contributed by atoms with Gasteiger partial charge in [-0.25, -0.2) is 13.2 Å². The van der Waals surface area contributed by atoms with E-state index in [1.807, 2.05) is 0 Å². The molecule has 2 atom stereocenters. The molecule has 1 saturated carbocycles. The Morgan fingerprint density at radius 3 is 2.75 bits per heavy atom. The van der Waals surface area contributed by atoms with Crippen LogP contribution in [0, 0.1) is 29.9 Å². The van der Waals surface area contributed by atoms with Gasteiger partial charge in [-0.3, -0.25) is 9.88 Å². The maximum absolute atomic E-state index is 16.0. The average Bonchev–Trinajstić information content (AvgIpc) is 3.63. The molecule has 2 unspecified atom stereocenters. The van der Waals surface area contributed by atoms with Crippen LogP contribution in [-0.4, -0.2) is 58.8 Å². The van der Waals surface area contributed by atoms with Crippen molar-refractivity contribution in [3.8, 4) is 29.6 Å². The number of anilines is 2. The molecule has 7 nitrogen and oxygen atoms in total. The highest BCUT2D eigenvalue weighted by Gasteiger charge is 2.34. The molecule has 2 saturated heterocycles. The Labute approximate surface area is 255 Å². The molecular weight excluding hydrogens is 565 g/mol. The molecule has 7 rings (SSSR count). The second-order valence-electron chi connectivity index (χ2n) is 12.0. The molecule has 0 amide bonds. The fraction of sp³-hybridized carbons (Fsp3) is 0.441. The van der Waals surface area contributed by atoms with E-state index in [9.17, 15) is 8.78 Å². The lowest BCUT2D eigenvalue weighted by Crippen LogP contribution is -2.22. The number of nitrogens with one attached hydrogen (secondary N) is 1. The maximum atomic E-state index is 16.0. The third kappa shape index (κ3) is 6.25. The first-order valence-electron chi connectivity index (χ1n) is 15.4. The van der Waals surface area contributed by atoms with Gasteiger partial charge in [0.2, 0.25) is 0 Å². The van der Waals surface area contributed by atoms with Gasteiger partial charge in [0.15, 0.2) is 5.82 Å². The van der Waals surface area contributed by atoms with E-state index in [0.717, 1.165) is 31.7 Å². The summed E-state index contributed by atoms with van der Waals surface area (Å²) in [6.07, 6.45) is 15.9. The fourth-order valence-corrected chi connectivity index (χ4v) is 6.44. The van der Waals surface area contributed by atoms with Gasteiger partial charge in [-0.15, -0.1) is 6.42 Å². The minimum absolute atomic E-state index is 0.0209. The molecule has 2 aromatic heterocycles. The van der Waals surface area contributed by atoms with Crippen molar-refractivity contribution in [2.45, 2.75) is 63.6 Å². The molecule has 4 aromatic rings. The zero-order chi connectivity index (χ0) is 30.8. The number of nitrogens with two attached hydrogens (primary N) is 1. The van der Waals surface area contributed by atoms with E-state index >= 15 is 4.39 Å². The summed E-state index contributed by atoms with van der Waals surface area (Å²) in [7, 11) is 1.42. The summed E-state index contributed by atoms with van der Waals surface area (Å²) in [5, 5.41) is 4.65. The predicted molar refractivity (Wildman–Crippen MR) is 168 cm³/mol. The van der Waals surface area contributed by atoms with Gasteiger partial charge in [-0.2, -0.15) is 9.97 Å². The highest BCUT2D eigenvalue weighted by atomic mass is 19.1. The lowest BCUT2D eigenvalue weighted by atomic mass is 9.95. The van der Waals surface area contributed by atoms with Crippen LogP contribution in [0.1, 0.15) is 56.9 Å². The molecule has 3 N–H and O–H groups in total. The summed E-state index contributed by atoms with van der Waals surface area (Å²) < 4.78 is 48.3. The number of fused-ring (bicyclic) bond motifs is 3. The number of nitrogens with zero attached hydrogens (tertiary/aromatic N) is 4. The molecule has 44 heavy (non-hydrogen) atoms. The van der Waals surface area contributed by atoms with Crippen LogP contribution in [0.4, 0.5) is 24.7 Å². The molecule has 10 heteroatoms. The van der Waals surface area contributed by atoms with Gasteiger partial charge in [0.25, 0.3) is 0 Å². The van der Waals surface area contributed by atoms with Gasteiger partial charge in [0.1, 0.15) is 29.0 Å². The first-order valence-corrected chi connectivity index (χ1v) is 15.4. The van der Waals surface area contributed by atoms with Gasteiger partial charge in [0, 0.05) is 42.0 Å². The normalized spacial score (nSPS) is 19.4. The first-order chi connectivity index (χ1) is 21.4. The van der Waals surface area contributed by atoms with Crippen molar-refractivity contribution in [3.63, 3.8) is 0 Å². The van der Waals surface area contributed by atoms with Gasteiger partial charge >= 0.3 is 6.01 Å². The number of rotatable bonds is 8. The van der Waals surface area contributed by atoms with Crippen LogP contribution in [-0.2, 0) is 0 Å². The summed E-state index contributed by atoms with van der Waals surface area (Å²) in [5.41, 5.74) is 6.76. The van der Waals surface area contributed by atoms with E-state index in [2.05, 4.69) is 31.1 Å². The number of hydrogen-bond donors (Lipinski definition) is 2. The Morgan fingerprint density at radius 1 is 1.16 bits per heavy atom. The van der Waals surface area contributed by atoms with Crippen LogP contribution in [0.3, 0.4) is 0 Å². The lowest BCUT2D eigenvalue weighted by molar-refractivity contribution is 0.292. The van der Waals surface area contributed by atoms with Crippen molar-refractivity contribution in [2.24, 2.45) is 5.92 Å². The number of aromatic nitrogens is 3. The van der Waals surface area contributed by atoms with Crippen molar-refractivity contribution in [1.82, 2.24) is 19.9 Å². The summed E-state index contributed by atoms with van der Waals surface area (Å²) >= 11 is 0. The average molecular weight is 603 g/mol. The second kappa shape index (κ2) is 12.9. The molecule has 2 aromatic carbocycles. The Balaban J connectivity index is 0.000000323. The van der Waals surface area contributed by atoms with Crippen LogP contribution in [0.2, 0.25) is 0 Å². The number of ether oxygens (including phenoxy) is 1. The molecule has 0 bridgehead atoms. The second-order valence-corrected chi connectivity index (χ2v) is 12.0. The number of nitrogen functional groups attached to an aromatic ring is 1. The Kier molecular flexibility index (Phi) is 8.76. The number of terminal acetylenes is 1. The molecule has 230 valence electrons. The van der Waals surface area contributed by atoms with Crippen molar-refractivity contribution in [2.75, 3.05) is 37.8 Å². The van der Waals surface area contributed by atoms with Gasteiger partial charge in [-0.1, -0.05) is 37.7 Å². The van der Waals surface area contributed by atoms with Gasteiger partial charge in [-0.05, 0) is 61.7 Å². The number of hydrogen-bond acceptors (Lipinski definition) is 7.